The molecule has 0 aliphatic rings. The van der Waals surface area contributed by atoms with Crippen LogP contribution in [0.2, 0.25) is 0 Å². The number of carbonyl (C=O) groups excluding carboxylic acids is 1. The SMILES string of the molecule is CNC(CSCCS(C)(=O)=O)(C(N)=O)c1ccccc1. The summed E-state index contributed by atoms with van der Waals surface area (Å²) in [7, 11) is -1.32. The summed E-state index contributed by atoms with van der Waals surface area (Å²) in [6, 6.07) is 9.20. The van der Waals surface area contributed by atoms with Crippen LogP contribution in [0.1, 0.15) is 5.56 Å². The van der Waals surface area contributed by atoms with Crippen molar-refractivity contribution in [3.05, 3.63) is 35.9 Å². The van der Waals surface area contributed by atoms with Gasteiger partial charge in [-0.25, -0.2) is 8.42 Å². The van der Waals surface area contributed by atoms with Gasteiger partial charge >= 0.3 is 0 Å². The fourth-order valence-corrected chi connectivity index (χ4v) is 4.38. The Balaban J connectivity index is 2.83. The van der Waals surface area contributed by atoms with E-state index in [9.17, 15) is 13.2 Å². The van der Waals surface area contributed by atoms with Gasteiger partial charge in [-0.1, -0.05) is 30.3 Å². The van der Waals surface area contributed by atoms with Crippen LogP contribution in [0.25, 0.3) is 0 Å². The van der Waals surface area contributed by atoms with Crippen molar-refractivity contribution in [2.45, 2.75) is 5.54 Å². The van der Waals surface area contributed by atoms with Gasteiger partial charge in [-0.05, 0) is 12.6 Å². The average molecular weight is 316 g/mol. The molecule has 0 bridgehead atoms. The maximum atomic E-state index is 11.9. The van der Waals surface area contributed by atoms with Crippen molar-refractivity contribution in [3.8, 4) is 0 Å². The quantitative estimate of drug-likeness (QED) is 0.676. The molecule has 0 heterocycles. The molecule has 0 spiro atoms. The summed E-state index contributed by atoms with van der Waals surface area (Å²) < 4.78 is 22.2. The maximum Gasteiger partial charge on any atom is 0.243 e. The van der Waals surface area contributed by atoms with Crippen LogP contribution >= 0.6 is 11.8 Å². The lowest BCUT2D eigenvalue weighted by atomic mass is 9.91. The van der Waals surface area contributed by atoms with Gasteiger partial charge < -0.3 is 11.1 Å². The van der Waals surface area contributed by atoms with E-state index in [1.807, 2.05) is 30.3 Å². The first-order valence-electron chi connectivity index (χ1n) is 6.11. The molecule has 0 aliphatic carbocycles. The molecule has 0 fully saturated rings. The van der Waals surface area contributed by atoms with Gasteiger partial charge in [-0.3, -0.25) is 4.79 Å². The Labute approximate surface area is 124 Å². The van der Waals surface area contributed by atoms with Crippen molar-refractivity contribution < 1.29 is 13.2 Å². The Morgan fingerprint density at radius 2 is 1.95 bits per heavy atom. The average Bonchev–Trinajstić information content (AvgIpc) is 2.39. The Kier molecular flexibility index (Phi) is 6.04. The van der Waals surface area contributed by atoms with E-state index in [-0.39, 0.29) is 5.75 Å². The summed E-state index contributed by atoms with van der Waals surface area (Å²) in [6.07, 6.45) is 1.20. The van der Waals surface area contributed by atoms with Crippen LogP contribution < -0.4 is 11.1 Å². The zero-order valence-electron chi connectivity index (χ0n) is 11.6. The summed E-state index contributed by atoms with van der Waals surface area (Å²) in [5, 5.41) is 2.98. The molecule has 0 aromatic heterocycles. The molecule has 1 amide bonds. The monoisotopic (exact) mass is 316 g/mol. The molecule has 0 radical (unpaired) electrons. The lowest BCUT2D eigenvalue weighted by Gasteiger charge is -2.30. The normalized spacial score (nSPS) is 14.7. The number of carbonyl (C=O) groups is 1. The first-order chi connectivity index (χ1) is 9.32. The summed E-state index contributed by atoms with van der Waals surface area (Å²) in [5.74, 6) is 0.434. The van der Waals surface area contributed by atoms with Crippen molar-refractivity contribution in [2.75, 3.05) is 30.6 Å². The predicted octanol–water partition coefficient (Wildman–Crippen LogP) is 0.364. The third-order valence-corrected chi connectivity index (χ3v) is 5.37. The molecular formula is C13H20N2O3S2. The Morgan fingerprint density at radius 1 is 1.35 bits per heavy atom. The Morgan fingerprint density at radius 3 is 2.40 bits per heavy atom. The molecule has 20 heavy (non-hydrogen) atoms. The number of amides is 1. The van der Waals surface area contributed by atoms with Crippen molar-refractivity contribution in [3.63, 3.8) is 0 Å². The summed E-state index contributed by atoms with van der Waals surface area (Å²) >= 11 is 1.39. The third kappa shape index (κ3) is 4.50. The number of hydrogen-bond acceptors (Lipinski definition) is 5. The van der Waals surface area contributed by atoms with Crippen molar-refractivity contribution in [1.82, 2.24) is 5.32 Å². The lowest BCUT2D eigenvalue weighted by Crippen LogP contribution is -2.53. The molecule has 1 rings (SSSR count). The van der Waals surface area contributed by atoms with Gasteiger partial charge in [0.25, 0.3) is 0 Å². The van der Waals surface area contributed by atoms with E-state index in [2.05, 4.69) is 5.32 Å². The van der Waals surface area contributed by atoms with Crippen LogP contribution in [0.3, 0.4) is 0 Å². The standard InChI is InChI=1S/C13H20N2O3S2/c1-15-13(12(14)16,11-6-4-3-5-7-11)10-19-8-9-20(2,17)18/h3-7,15H,8-10H2,1-2H3,(H2,14,16). The van der Waals surface area contributed by atoms with E-state index in [1.54, 1.807) is 7.05 Å². The number of thioether (sulfide) groups is 1. The minimum Gasteiger partial charge on any atom is -0.368 e. The molecule has 0 saturated carbocycles. The van der Waals surface area contributed by atoms with E-state index in [0.29, 0.717) is 11.5 Å². The first-order valence-corrected chi connectivity index (χ1v) is 9.33. The van der Waals surface area contributed by atoms with E-state index in [0.717, 1.165) is 5.56 Å². The number of likely N-dealkylation sites (N-methyl/N-ethyl adjacent to an activating group) is 1. The van der Waals surface area contributed by atoms with Crippen LogP contribution in [-0.2, 0) is 20.2 Å². The number of nitrogens with one attached hydrogen (secondary N) is 1. The largest absolute Gasteiger partial charge is 0.368 e. The molecule has 112 valence electrons. The highest BCUT2D eigenvalue weighted by Gasteiger charge is 2.36. The second-order valence-electron chi connectivity index (χ2n) is 4.57. The van der Waals surface area contributed by atoms with Crippen molar-refractivity contribution >= 4 is 27.5 Å². The molecule has 3 N–H and O–H groups in total. The predicted molar refractivity (Wildman–Crippen MR) is 83.4 cm³/mol. The van der Waals surface area contributed by atoms with Gasteiger partial charge in [-0.15, -0.1) is 0 Å². The minimum atomic E-state index is -2.99. The molecule has 0 saturated heterocycles. The van der Waals surface area contributed by atoms with Crippen LogP contribution in [0, 0.1) is 0 Å². The summed E-state index contributed by atoms with van der Waals surface area (Å²) in [4.78, 5) is 11.9. The van der Waals surface area contributed by atoms with Crippen LogP contribution in [0.15, 0.2) is 30.3 Å². The summed E-state index contributed by atoms with van der Waals surface area (Å²) in [5.41, 5.74) is 5.35. The second kappa shape index (κ2) is 7.10. The molecule has 1 aromatic rings. The van der Waals surface area contributed by atoms with Gasteiger partial charge in [0.15, 0.2) is 0 Å². The number of primary amides is 1. The van der Waals surface area contributed by atoms with E-state index >= 15 is 0 Å². The van der Waals surface area contributed by atoms with Gasteiger partial charge in [0.05, 0.1) is 5.75 Å². The zero-order chi connectivity index (χ0) is 15.2. The topological polar surface area (TPSA) is 89.3 Å². The first kappa shape index (κ1) is 17.0. The van der Waals surface area contributed by atoms with Crippen molar-refractivity contribution in [2.24, 2.45) is 5.73 Å². The maximum absolute atomic E-state index is 11.9. The van der Waals surface area contributed by atoms with E-state index in [4.69, 9.17) is 5.73 Å². The van der Waals surface area contributed by atoms with Gasteiger partial charge in [0.2, 0.25) is 5.91 Å². The second-order valence-corrected chi connectivity index (χ2v) is 7.93. The highest BCUT2D eigenvalue weighted by Crippen LogP contribution is 2.25. The number of rotatable bonds is 8. The number of nitrogens with two attached hydrogens (primary N) is 1. The molecule has 0 aliphatic heterocycles. The lowest BCUT2D eigenvalue weighted by molar-refractivity contribution is -0.123. The molecular weight excluding hydrogens is 296 g/mol. The number of hydrogen-bond donors (Lipinski definition) is 2. The highest BCUT2D eigenvalue weighted by atomic mass is 32.2. The molecule has 7 heteroatoms. The third-order valence-electron chi connectivity index (χ3n) is 3.03. The minimum absolute atomic E-state index is 0.0883. The molecule has 1 unspecified atom stereocenters. The Hall–Kier alpha value is -1.05. The fraction of sp³-hybridized carbons (Fsp3) is 0.462. The van der Waals surface area contributed by atoms with Crippen molar-refractivity contribution in [1.29, 1.82) is 0 Å². The van der Waals surface area contributed by atoms with Crippen LogP contribution in [-0.4, -0.2) is 44.9 Å². The molecule has 1 atom stereocenters. The van der Waals surface area contributed by atoms with Gasteiger partial charge in [0.1, 0.15) is 15.4 Å². The summed E-state index contributed by atoms with van der Waals surface area (Å²) in [6.45, 7) is 0. The van der Waals surface area contributed by atoms with Gasteiger partial charge in [-0.2, -0.15) is 11.8 Å². The smallest absolute Gasteiger partial charge is 0.243 e. The molecule has 5 nitrogen and oxygen atoms in total. The van der Waals surface area contributed by atoms with E-state index in [1.165, 1.54) is 18.0 Å². The Bertz CT molecular complexity index is 546. The van der Waals surface area contributed by atoms with Crippen LogP contribution in [0.4, 0.5) is 0 Å². The van der Waals surface area contributed by atoms with E-state index < -0.39 is 21.3 Å². The van der Waals surface area contributed by atoms with Crippen LogP contribution in [0.5, 0.6) is 0 Å². The number of sulfone groups is 1. The highest BCUT2D eigenvalue weighted by molar-refractivity contribution is 8.00. The fourth-order valence-electron chi connectivity index (χ4n) is 1.79. The van der Waals surface area contributed by atoms with Gasteiger partial charge in [0, 0.05) is 17.8 Å². The molecule has 1 aromatic carbocycles. The zero-order valence-corrected chi connectivity index (χ0v) is 13.3. The number of benzene rings is 1.